The molecule has 2 amide bonds. The first kappa shape index (κ1) is 15.7. The van der Waals surface area contributed by atoms with E-state index >= 15 is 0 Å². The van der Waals surface area contributed by atoms with Gasteiger partial charge in [-0.05, 0) is 12.1 Å². The lowest BCUT2D eigenvalue weighted by Crippen LogP contribution is -2.48. The van der Waals surface area contributed by atoms with Gasteiger partial charge in [0.05, 0.1) is 13.2 Å². The summed E-state index contributed by atoms with van der Waals surface area (Å²) in [6, 6.07) is 3.54. The molecule has 0 atom stereocenters. The lowest BCUT2D eigenvalue weighted by Gasteiger charge is -2.34. The topological polar surface area (TPSA) is 78.9 Å². The fraction of sp³-hybridized carbons (Fsp3) is 0.600. The second-order valence-electron chi connectivity index (χ2n) is 5.67. The molecule has 2 aliphatic rings. The quantitative estimate of drug-likeness (QED) is 0.739. The number of amides is 2. The molecular weight excluding hydrogens is 298 g/mol. The highest BCUT2D eigenvalue weighted by Gasteiger charge is 2.22. The molecule has 0 aromatic carbocycles. The summed E-state index contributed by atoms with van der Waals surface area (Å²) in [5.74, 6) is 0.739. The Morgan fingerprint density at radius 1 is 0.957 bits per heavy atom. The molecule has 8 nitrogen and oxygen atoms in total. The van der Waals surface area contributed by atoms with Crippen molar-refractivity contribution in [2.45, 2.75) is 6.92 Å². The van der Waals surface area contributed by atoms with Gasteiger partial charge in [-0.2, -0.15) is 0 Å². The number of aromatic nitrogens is 2. The normalized spacial score (nSPS) is 18.9. The van der Waals surface area contributed by atoms with Gasteiger partial charge in [-0.15, -0.1) is 10.2 Å². The van der Waals surface area contributed by atoms with E-state index in [1.54, 1.807) is 17.9 Å². The molecule has 124 valence electrons. The van der Waals surface area contributed by atoms with E-state index in [-0.39, 0.29) is 11.8 Å². The Hall–Kier alpha value is -2.22. The van der Waals surface area contributed by atoms with Crippen LogP contribution in [-0.2, 0) is 9.53 Å². The number of hydrogen-bond donors (Lipinski definition) is 0. The van der Waals surface area contributed by atoms with Gasteiger partial charge in [0.1, 0.15) is 0 Å². The summed E-state index contributed by atoms with van der Waals surface area (Å²) in [6.07, 6.45) is 0. The Kier molecular flexibility index (Phi) is 4.71. The van der Waals surface area contributed by atoms with Crippen LogP contribution in [0.25, 0.3) is 0 Å². The molecule has 0 radical (unpaired) electrons. The van der Waals surface area contributed by atoms with Crippen molar-refractivity contribution in [3.8, 4) is 0 Å². The molecule has 2 aliphatic heterocycles. The largest absolute Gasteiger partial charge is 0.378 e. The van der Waals surface area contributed by atoms with E-state index in [0.717, 1.165) is 18.9 Å². The number of carbonyl (C=O) groups excluding carboxylic acids is 2. The molecule has 2 fully saturated rings. The predicted octanol–water partition coefficient (Wildman–Crippen LogP) is -0.382. The fourth-order valence-electron chi connectivity index (χ4n) is 2.79. The van der Waals surface area contributed by atoms with Crippen molar-refractivity contribution in [1.82, 2.24) is 20.0 Å². The van der Waals surface area contributed by atoms with E-state index in [0.29, 0.717) is 45.1 Å². The molecule has 0 saturated carbocycles. The maximum atomic E-state index is 12.3. The van der Waals surface area contributed by atoms with Gasteiger partial charge in [-0.3, -0.25) is 9.59 Å². The van der Waals surface area contributed by atoms with Gasteiger partial charge < -0.3 is 19.4 Å². The Morgan fingerprint density at radius 2 is 1.65 bits per heavy atom. The van der Waals surface area contributed by atoms with Crippen molar-refractivity contribution in [3.63, 3.8) is 0 Å². The van der Waals surface area contributed by atoms with E-state index in [2.05, 4.69) is 15.1 Å². The molecule has 23 heavy (non-hydrogen) atoms. The minimum atomic E-state index is -0.103. The first-order chi connectivity index (χ1) is 11.1. The second kappa shape index (κ2) is 6.91. The van der Waals surface area contributed by atoms with Crippen LogP contribution in [0.15, 0.2) is 12.1 Å². The van der Waals surface area contributed by atoms with Crippen LogP contribution in [0.1, 0.15) is 17.4 Å². The van der Waals surface area contributed by atoms with Crippen LogP contribution in [0.4, 0.5) is 5.82 Å². The molecule has 8 heteroatoms. The molecule has 0 bridgehead atoms. The van der Waals surface area contributed by atoms with Crippen LogP contribution in [0.3, 0.4) is 0 Å². The van der Waals surface area contributed by atoms with E-state index in [1.165, 1.54) is 0 Å². The van der Waals surface area contributed by atoms with Gasteiger partial charge >= 0.3 is 0 Å². The number of rotatable bonds is 2. The average molecular weight is 319 g/mol. The van der Waals surface area contributed by atoms with Crippen LogP contribution in [-0.4, -0.2) is 84.3 Å². The van der Waals surface area contributed by atoms with Crippen molar-refractivity contribution in [3.05, 3.63) is 17.8 Å². The number of ether oxygens (including phenoxy) is 1. The molecule has 1 aromatic heterocycles. The van der Waals surface area contributed by atoms with Crippen molar-refractivity contribution in [1.29, 1.82) is 0 Å². The summed E-state index contributed by atoms with van der Waals surface area (Å²) in [5.41, 5.74) is 0.359. The second-order valence-corrected chi connectivity index (χ2v) is 5.67. The first-order valence-corrected chi connectivity index (χ1v) is 7.86. The van der Waals surface area contributed by atoms with Crippen LogP contribution in [0.2, 0.25) is 0 Å². The first-order valence-electron chi connectivity index (χ1n) is 7.86. The zero-order valence-electron chi connectivity index (χ0n) is 13.3. The highest BCUT2D eigenvalue weighted by atomic mass is 16.5. The molecule has 3 rings (SSSR count). The van der Waals surface area contributed by atoms with Crippen LogP contribution >= 0.6 is 0 Å². The zero-order chi connectivity index (χ0) is 16.2. The van der Waals surface area contributed by atoms with Crippen molar-refractivity contribution in [2.75, 3.05) is 57.4 Å². The lowest BCUT2D eigenvalue weighted by atomic mass is 10.3. The Balaban J connectivity index is 1.61. The molecule has 0 unspecified atom stereocenters. The highest BCUT2D eigenvalue weighted by molar-refractivity contribution is 5.92. The summed E-state index contributed by atoms with van der Waals surface area (Å²) in [6.45, 7) is 6.73. The third kappa shape index (κ3) is 3.58. The molecular formula is C15H21N5O3. The summed E-state index contributed by atoms with van der Waals surface area (Å²) in [4.78, 5) is 29.3. The standard InChI is InChI=1S/C15H21N5O3/c1-12(21)18-4-6-19(7-5-18)14-3-2-13(16-17-14)15(22)20-8-10-23-11-9-20/h2-3H,4-11H2,1H3. The average Bonchev–Trinajstić information content (AvgIpc) is 2.62. The SMILES string of the molecule is CC(=O)N1CCN(c2ccc(C(=O)N3CCOCC3)nn2)CC1. The number of carbonyl (C=O) groups is 2. The molecule has 2 saturated heterocycles. The number of morpholine rings is 1. The minimum absolute atomic E-state index is 0.0992. The summed E-state index contributed by atoms with van der Waals surface area (Å²) in [5, 5.41) is 8.26. The summed E-state index contributed by atoms with van der Waals surface area (Å²) >= 11 is 0. The maximum absolute atomic E-state index is 12.3. The van der Waals surface area contributed by atoms with E-state index in [9.17, 15) is 9.59 Å². The number of hydrogen-bond acceptors (Lipinski definition) is 6. The van der Waals surface area contributed by atoms with E-state index in [4.69, 9.17) is 4.74 Å². The van der Waals surface area contributed by atoms with Gasteiger partial charge in [-0.25, -0.2) is 0 Å². The van der Waals surface area contributed by atoms with Crippen LogP contribution in [0, 0.1) is 0 Å². The predicted molar refractivity (Wildman–Crippen MR) is 83.2 cm³/mol. The van der Waals surface area contributed by atoms with Gasteiger partial charge in [0.25, 0.3) is 5.91 Å². The highest BCUT2D eigenvalue weighted by Crippen LogP contribution is 2.14. The molecule has 1 aromatic rings. The molecule has 0 aliphatic carbocycles. The number of nitrogens with zero attached hydrogens (tertiary/aromatic N) is 5. The van der Waals surface area contributed by atoms with E-state index < -0.39 is 0 Å². The van der Waals surface area contributed by atoms with Crippen LogP contribution in [0.5, 0.6) is 0 Å². The van der Waals surface area contributed by atoms with Crippen molar-refractivity contribution < 1.29 is 14.3 Å². The van der Waals surface area contributed by atoms with Gasteiger partial charge in [0, 0.05) is 46.2 Å². The molecule has 0 spiro atoms. The Labute approximate surface area is 135 Å². The Morgan fingerprint density at radius 3 is 2.22 bits per heavy atom. The number of piperazine rings is 1. The van der Waals surface area contributed by atoms with Crippen molar-refractivity contribution in [2.24, 2.45) is 0 Å². The number of anilines is 1. The van der Waals surface area contributed by atoms with Crippen LogP contribution < -0.4 is 4.90 Å². The Bertz CT molecular complexity index is 563. The monoisotopic (exact) mass is 319 g/mol. The van der Waals surface area contributed by atoms with Crippen molar-refractivity contribution >= 4 is 17.6 Å². The maximum Gasteiger partial charge on any atom is 0.274 e. The van der Waals surface area contributed by atoms with Gasteiger partial charge in [-0.1, -0.05) is 0 Å². The molecule has 0 N–H and O–H groups in total. The summed E-state index contributed by atoms with van der Waals surface area (Å²) in [7, 11) is 0. The lowest BCUT2D eigenvalue weighted by molar-refractivity contribution is -0.129. The third-order valence-electron chi connectivity index (χ3n) is 4.22. The zero-order valence-corrected chi connectivity index (χ0v) is 13.3. The van der Waals surface area contributed by atoms with E-state index in [1.807, 2.05) is 11.0 Å². The minimum Gasteiger partial charge on any atom is -0.378 e. The third-order valence-corrected chi connectivity index (χ3v) is 4.22. The molecule has 3 heterocycles. The van der Waals surface area contributed by atoms with Gasteiger partial charge in [0.2, 0.25) is 5.91 Å². The smallest absolute Gasteiger partial charge is 0.274 e. The fourth-order valence-corrected chi connectivity index (χ4v) is 2.79. The summed E-state index contributed by atoms with van der Waals surface area (Å²) < 4.78 is 5.25. The van der Waals surface area contributed by atoms with Gasteiger partial charge in [0.15, 0.2) is 11.5 Å².